The lowest BCUT2D eigenvalue weighted by molar-refractivity contribution is 0.309. The second kappa shape index (κ2) is 8.62. The Labute approximate surface area is 175 Å². The van der Waals surface area contributed by atoms with Gasteiger partial charge in [-0.1, -0.05) is 31.5 Å². The average molecular weight is 404 g/mol. The van der Waals surface area contributed by atoms with Gasteiger partial charge in [-0.2, -0.15) is 0 Å². The minimum absolute atomic E-state index is 0.754. The zero-order valence-corrected chi connectivity index (χ0v) is 17.8. The van der Waals surface area contributed by atoms with Crippen LogP contribution in [0.25, 0.3) is 21.3 Å². The Morgan fingerprint density at radius 2 is 1.83 bits per heavy atom. The highest BCUT2D eigenvalue weighted by Crippen LogP contribution is 2.38. The lowest BCUT2D eigenvalue weighted by Gasteiger charge is -2.10. The van der Waals surface area contributed by atoms with Crippen LogP contribution < -0.4 is 10.1 Å². The topological polar surface area (TPSA) is 47.0 Å². The quantitative estimate of drug-likeness (QED) is 0.341. The summed E-state index contributed by atoms with van der Waals surface area (Å²) in [6.45, 7) is 7.20. The number of ether oxygens (including phenoxy) is 1. The van der Waals surface area contributed by atoms with E-state index < -0.39 is 0 Å². The molecule has 0 spiro atoms. The molecule has 4 aromatic rings. The van der Waals surface area contributed by atoms with Crippen molar-refractivity contribution in [3.63, 3.8) is 0 Å². The second-order valence-electron chi connectivity index (χ2n) is 7.20. The Morgan fingerprint density at radius 3 is 2.59 bits per heavy atom. The van der Waals surface area contributed by atoms with Crippen LogP contribution in [0.4, 0.5) is 11.5 Å². The number of unbranched alkanes of at least 4 members (excludes halogenated alkanes) is 1. The molecule has 0 aliphatic carbocycles. The molecule has 2 heterocycles. The third-order valence-corrected chi connectivity index (χ3v) is 5.96. The summed E-state index contributed by atoms with van der Waals surface area (Å²) in [6, 6.07) is 14.6. The van der Waals surface area contributed by atoms with Crippen molar-refractivity contribution < 1.29 is 4.74 Å². The van der Waals surface area contributed by atoms with Crippen LogP contribution in [0.2, 0.25) is 0 Å². The molecule has 0 amide bonds. The van der Waals surface area contributed by atoms with Crippen LogP contribution in [0.1, 0.15) is 30.9 Å². The molecule has 29 heavy (non-hydrogen) atoms. The predicted molar refractivity (Wildman–Crippen MR) is 122 cm³/mol. The van der Waals surface area contributed by atoms with Gasteiger partial charge in [0, 0.05) is 16.6 Å². The summed E-state index contributed by atoms with van der Waals surface area (Å²) in [7, 11) is 0. The Kier molecular flexibility index (Phi) is 5.76. The number of fused-ring (bicyclic) bond motifs is 1. The summed E-state index contributed by atoms with van der Waals surface area (Å²) >= 11 is 1.65. The molecule has 0 saturated heterocycles. The Bertz CT molecular complexity index is 1120. The van der Waals surface area contributed by atoms with E-state index in [1.807, 2.05) is 24.3 Å². The molecule has 0 radical (unpaired) electrons. The van der Waals surface area contributed by atoms with E-state index in [1.165, 1.54) is 16.7 Å². The zero-order valence-electron chi connectivity index (χ0n) is 17.0. The monoisotopic (exact) mass is 403 g/mol. The van der Waals surface area contributed by atoms with Gasteiger partial charge in [-0.25, -0.2) is 9.97 Å². The molecule has 0 aliphatic heterocycles. The highest BCUT2D eigenvalue weighted by molar-refractivity contribution is 7.17. The fourth-order valence-corrected chi connectivity index (χ4v) is 4.11. The first-order valence-electron chi connectivity index (χ1n) is 9.95. The van der Waals surface area contributed by atoms with Gasteiger partial charge in [-0.3, -0.25) is 0 Å². The number of aryl methyl sites for hydroxylation is 2. The molecule has 1 N–H and O–H groups in total. The van der Waals surface area contributed by atoms with Crippen LogP contribution in [0.3, 0.4) is 0 Å². The number of anilines is 2. The van der Waals surface area contributed by atoms with Crippen molar-refractivity contribution in [3.8, 4) is 16.9 Å². The average Bonchev–Trinajstić information content (AvgIpc) is 3.17. The maximum absolute atomic E-state index is 5.76. The fourth-order valence-electron chi connectivity index (χ4n) is 3.20. The number of nitrogens with zero attached hydrogens (tertiary/aromatic N) is 2. The standard InChI is InChI=1S/C24H25N3OS/c1-4-5-12-28-20-10-8-19(9-11-20)27-23-22-21(14-29-24(22)26-15-25-23)18-7-6-16(2)17(3)13-18/h6-11,13-15H,4-5,12H2,1-3H3,(H,25,26,27). The van der Waals surface area contributed by atoms with Gasteiger partial charge >= 0.3 is 0 Å². The second-order valence-corrected chi connectivity index (χ2v) is 8.06. The largest absolute Gasteiger partial charge is 0.494 e. The van der Waals surface area contributed by atoms with Gasteiger partial charge < -0.3 is 10.1 Å². The molecular formula is C24H25N3OS. The molecule has 0 aliphatic rings. The van der Waals surface area contributed by atoms with E-state index in [-0.39, 0.29) is 0 Å². The van der Waals surface area contributed by atoms with Gasteiger partial charge in [-0.15, -0.1) is 11.3 Å². The number of hydrogen-bond donors (Lipinski definition) is 1. The smallest absolute Gasteiger partial charge is 0.143 e. The van der Waals surface area contributed by atoms with Crippen LogP contribution in [-0.4, -0.2) is 16.6 Å². The van der Waals surface area contributed by atoms with Gasteiger partial charge in [-0.05, 0) is 61.2 Å². The SMILES string of the molecule is CCCCOc1ccc(Nc2ncnc3scc(-c4ccc(C)c(C)c4)c23)cc1. The number of thiophene rings is 1. The third kappa shape index (κ3) is 4.25. The third-order valence-electron chi connectivity index (χ3n) is 5.07. The summed E-state index contributed by atoms with van der Waals surface area (Å²) in [5.74, 6) is 1.72. The van der Waals surface area contributed by atoms with Crippen molar-refractivity contribution >= 4 is 33.1 Å². The van der Waals surface area contributed by atoms with Crippen LogP contribution in [-0.2, 0) is 0 Å². The molecule has 0 saturated carbocycles. The molecule has 5 heteroatoms. The van der Waals surface area contributed by atoms with Gasteiger partial charge in [0.1, 0.15) is 22.7 Å². The summed E-state index contributed by atoms with van der Waals surface area (Å²) in [4.78, 5) is 9.99. The molecule has 0 fully saturated rings. The zero-order chi connectivity index (χ0) is 20.2. The summed E-state index contributed by atoms with van der Waals surface area (Å²) in [5, 5.41) is 6.69. The van der Waals surface area contributed by atoms with Gasteiger partial charge in [0.25, 0.3) is 0 Å². The van der Waals surface area contributed by atoms with E-state index in [0.717, 1.165) is 52.5 Å². The number of benzene rings is 2. The normalized spacial score (nSPS) is 11.0. The maximum Gasteiger partial charge on any atom is 0.143 e. The van der Waals surface area contributed by atoms with E-state index in [0.29, 0.717) is 0 Å². The fraction of sp³-hybridized carbons (Fsp3) is 0.250. The molecule has 2 aromatic heterocycles. The van der Waals surface area contributed by atoms with Crippen molar-refractivity contribution in [3.05, 3.63) is 65.3 Å². The number of rotatable bonds is 7. The highest BCUT2D eigenvalue weighted by Gasteiger charge is 2.14. The van der Waals surface area contributed by atoms with Crippen molar-refractivity contribution in [1.29, 1.82) is 0 Å². The summed E-state index contributed by atoms with van der Waals surface area (Å²) in [6.07, 6.45) is 3.82. The molecule has 0 bridgehead atoms. The Morgan fingerprint density at radius 1 is 1.00 bits per heavy atom. The molecule has 4 rings (SSSR count). The number of aromatic nitrogens is 2. The minimum atomic E-state index is 0.754. The Balaban J connectivity index is 1.64. The first kappa shape index (κ1) is 19.4. The van der Waals surface area contributed by atoms with Crippen molar-refractivity contribution in [2.75, 3.05) is 11.9 Å². The van der Waals surface area contributed by atoms with Crippen molar-refractivity contribution in [1.82, 2.24) is 9.97 Å². The van der Waals surface area contributed by atoms with Crippen LogP contribution in [0.15, 0.2) is 54.2 Å². The van der Waals surface area contributed by atoms with Gasteiger partial charge in [0.05, 0.1) is 12.0 Å². The van der Waals surface area contributed by atoms with Crippen LogP contribution in [0.5, 0.6) is 5.75 Å². The molecule has 0 atom stereocenters. The lowest BCUT2D eigenvalue weighted by atomic mass is 10.0. The van der Waals surface area contributed by atoms with E-state index in [2.05, 4.69) is 59.6 Å². The minimum Gasteiger partial charge on any atom is -0.494 e. The van der Waals surface area contributed by atoms with Gasteiger partial charge in [0.15, 0.2) is 0 Å². The molecule has 148 valence electrons. The van der Waals surface area contributed by atoms with Crippen molar-refractivity contribution in [2.24, 2.45) is 0 Å². The molecule has 4 nitrogen and oxygen atoms in total. The number of hydrogen-bond acceptors (Lipinski definition) is 5. The van der Waals surface area contributed by atoms with Gasteiger partial charge in [0.2, 0.25) is 0 Å². The van der Waals surface area contributed by atoms with Crippen LogP contribution >= 0.6 is 11.3 Å². The van der Waals surface area contributed by atoms with E-state index >= 15 is 0 Å². The maximum atomic E-state index is 5.76. The first-order chi connectivity index (χ1) is 14.2. The van der Waals surface area contributed by atoms with E-state index in [9.17, 15) is 0 Å². The van der Waals surface area contributed by atoms with Crippen molar-refractivity contribution in [2.45, 2.75) is 33.6 Å². The molecule has 0 unspecified atom stereocenters. The molecular weight excluding hydrogens is 378 g/mol. The lowest BCUT2D eigenvalue weighted by Crippen LogP contribution is -1.98. The predicted octanol–water partition coefficient (Wildman–Crippen LogP) is 6.90. The highest BCUT2D eigenvalue weighted by atomic mass is 32.1. The molecule has 2 aromatic carbocycles. The van der Waals surface area contributed by atoms with E-state index in [1.54, 1.807) is 17.7 Å². The first-order valence-corrected chi connectivity index (χ1v) is 10.8. The van der Waals surface area contributed by atoms with E-state index in [4.69, 9.17) is 4.74 Å². The number of nitrogens with one attached hydrogen (secondary N) is 1. The summed E-state index contributed by atoms with van der Waals surface area (Å²) in [5.41, 5.74) is 5.91. The van der Waals surface area contributed by atoms with Crippen LogP contribution in [0, 0.1) is 13.8 Å². The summed E-state index contributed by atoms with van der Waals surface area (Å²) < 4.78 is 5.76. The Hall–Kier alpha value is -2.92.